The lowest BCUT2D eigenvalue weighted by atomic mass is 9.69. The molecule has 0 bridgehead atoms. The Labute approximate surface area is 162 Å². The highest BCUT2D eigenvalue weighted by Gasteiger charge is 2.50. The van der Waals surface area contributed by atoms with Crippen LogP contribution in [0.4, 0.5) is 5.69 Å². The van der Waals surface area contributed by atoms with Crippen molar-refractivity contribution in [2.75, 3.05) is 50.7 Å². The van der Waals surface area contributed by atoms with Gasteiger partial charge in [0.2, 0.25) is 5.91 Å². The number of carbonyl (C=O) groups excluding carboxylic acids is 1. The quantitative estimate of drug-likeness (QED) is 0.881. The highest BCUT2D eigenvalue weighted by Crippen LogP contribution is 2.44. The number of carbonyl (C=O) groups is 1. The van der Waals surface area contributed by atoms with Crippen molar-refractivity contribution >= 4 is 11.6 Å². The summed E-state index contributed by atoms with van der Waals surface area (Å²) < 4.78 is 0. The first-order chi connectivity index (χ1) is 13.0. The summed E-state index contributed by atoms with van der Waals surface area (Å²) >= 11 is 0. The van der Waals surface area contributed by atoms with Crippen molar-refractivity contribution in [2.45, 2.75) is 38.7 Å². The maximum atomic E-state index is 12.8. The number of hydrogen-bond donors (Lipinski definition) is 1. The van der Waals surface area contributed by atoms with Crippen LogP contribution in [-0.2, 0) is 4.79 Å². The highest BCUT2D eigenvalue weighted by molar-refractivity contribution is 5.79. The van der Waals surface area contributed by atoms with Gasteiger partial charge in [-0.1, -0.05) is 25.5 Å². The Morgan fingerprint density at radius 3 is 2.59 bits per heavy atom. The molecule has 148 valence electrons. The first-order valence-electron chi connectivity index (χ1n) is 10.5. The zero-order valence-corrected chi connectivity index (χ0v) is 16.7. The summed E-state index contributed by atoms with van der Waals surface area (Å²) in [4.78, 5) is 19.4. The number of amides is 1. The second-order valence-corrected chi connectivity index (χ2v) is 8.90. The fourth-order valence-corrected chi connectivity index (χ4v) is 4.92. The first-order valence-corrected chi connectivity index (χ1v) is 10.5. The maximum absolute atomic E-state index is 12.8. The van der Waals surface area contributed by atoms with E-state index in [-0.39, 0.29) is 11.8 Å². The van der Waals surface area contributed by atoms with Crippen LogP contribution in [0.1, 0.15) is 31.7 Å². The van der Waals surface area contributed by atoms with Crippen LogP contribution in [-0.4, -0.2) is 72.2 Å². The third-order valence-corrected chi connectivity index (χ3v) is 7.05. The van der Waals surface area contributed by atoms with Gasteiger partial charge in [0.15, 0.2) is 0 Å². The average molecular weight is 372 g/mol. The van der Waals surface area contributed by atoms with E-state index in [1.54, 1.807) is 0 Å². The van der Waals surface area contributed by atoms with E-state index in [2.05, 4.69) is 47.9 Å². The normalized spacial score (nSPS) is 29.8. The van der Waals surface area contributed by atoms with Crippen LogP contribution >= 0.6 is 0 Å². The Hall–Kier alpha value is -1.59. The van der Waals surface area contributed by atoms with Crippen molar-refractivity contribution in [1.29, 1.82) is 0 Å². The Bertz CT molecular complexity index is 682. The number of piperazine rings is 1. The Morgan fingerprint density at radius 2 is 1.96 bits per heavy atom. The molecular formula is C22H33N3O2. The lowest BCUT2D eigenvalue weighted by Gasteiger charge is -2.41. The van der Waals surface area contributed by atoms with E-state index in [1.807, 2.05) is 4.90 Å². The highest BCUT2D eigenvalue weighted by atomic mass is 16.3. The summed E-state index contributed by atoms with van der Waals surface area (Å²) in [6.07, 6.45) is 3.45. The minimum Gasteiger partial charge on any atom is -0.387 e. The lowest BCUT2D eigenvalue weighted by Crippen LogP contribution is -2.51. The summed E-state index contributed by atoms with van der Waals surface area (Å²) in [6, 6.07) is 8.63. The molecule has 3 fully saturated rings. The van der Waals surface area contributed by atoms with Crippen LogP contribution < -0.4 is 4.90 Å². The molecule has 1 N–H and O–H groups in total. The molecule has 1 aromatic carbocycles. The Morgan fingerprint density at radius 1 is 1.22 bits per heavy atom. The third kappa shape index (κ3) is 3.72. The number of nitrogens with zero attached hydrogens (tertiary/aromatic N) is 3. The lowest BCUT2D eigenvalue weighted by molar-refractivity contribution is -0.133. The van der Waals surface area contributed by atoms with Gasteiger partial charge < -0.3 is 14.9 Å². The van der Waals surface area contributed by atoms with Gasteiger partial charge in [-0.05, 0) is 43.4 Å². The van der Waals surface area contributed by atoms with Crippen molar-refractivity contribution in [1.82, 2.24) is 9.80 Å². The summed E-state index contributed by atoms with van der Waals surface area (Å²) in [5.41, 5.74) is 1.91. The van der Waals surface area contributed by atoms with Gasteiger partial charge in [0, 0.05) is 44.3 Å². The molecule has 2 atom stereocenters. The standard InChI is InChI=1S/C22H33N3O2/c1-17-5-3-8-20(13-17)24-11-9-23(10-12-24)15-21(26)25-14-18(2)22(27,16-25)19-6-4-7-19/h3,5,8,13,18-19,27H,4,6-7,9-12,14-16H2,1-2H3. The molecule has 2 saturated heterocycles. The number of likely N-dealkylation sites (tertiary alicyclic amines) is 1. The molecule has 1 aliphatic carbocycles. The molecule has 27 heavy (non-hydrogen) atoms. The van der Waals surface area contributed by atoms with Gasteiger partial charge in [0.1, 0.15) is 0 Å². The molecule has 0 aromatic heterocycles. The second-order valence-electron chi connectivity index (χ2n) is 8.90. The van der Waals surface area contributed by atoms with E-state index in [0.717, 1.165) is 39.0 Å². The summed E-state index contributed by atoms with van der Waals surface area (Å²) in [6.45, 7) is 9.68. The summed E-state index contributed by atoms with van der Waals surface area (Å²) in [7, 11) is 0. The Balaban J connectivity index is 1.28. The van der Waals surface area contributed by atoms with Gasteiger partial charge in [-0.15, -0.1) is 0 Å². The summed E-state index contributed by atoms with van der Waals surface area (Å²) in [5.74, 6) is 0.759. The maximum Gasteiger partial charge on any atom is 0.236 e. The van der Waals surface area contributed by atoms with Crippen LogP contribution in [0.15, 0.2) is 24.3 Å². The predicted octanol–water partition coefficient (Wildman–Crippen LogP) is 2.13. The van der Waals surface area contributed by atoms with Crippen molar-refractivity contribution in [3.05, 3.63) is 29.8 Å². The van der Waals surface area contributed by atoms with Crippen LogP contribution in [0.2, 0.25) is 0 Å². The smallest absolute Gasteiger partial charge is 0.236 e. The van der Waals surface area contributed by atoms with Gasteiger partial charge >= 0.3 is 0 Å². The van der Waals surface area contributed by atoms with Crippen LogP contribution in [0.3, 0.4) is 0 Å². The van der Waals surface area contributed by atoms with Gasteiger partial charge in [-0.25, -0.2) is 0 Å². The van der Waals surface area contributed by atoms with E-state index in [4.69, 9.17) is 0 Å². The van der Waals surface area contributed by atoms with Gasteiger partial charge in [-0.3, -0.25) is 9.69 Å². The predicted molar refractivity (Wildman–Crippen MR) is 108 cm³/mol. The minimum absolute atomic E-state index is 0.182. The second kappa shape index (κ2) is 7.44. The molecule has 1 saturated carbocycles. The minimum atomic E-state index is -0.655. The SMILES string of the molecule is Cc1cccc(N2CCN(CC(=O)N3CC(C)C(O)(C4CCC4)C3)CC2)c1. The van der Waals surface area contributed by atoms with Crippen LogP contribution in [0, 0.1) is 18.8 Å². The van der Waals surface area contributed by atoms with Crippen molar-refractivity contribution < 1.29 is 9.90 Å². The van der Waals surface area contributed by atoms with Crippen LogP contribution in [0.5, 0.6) is 0 Å². The van der Waals surface area contributed by atoms with Crippen LogP contribution in [0.25, 0.3) is 0 Å². The molecule has 2 unspecified atom stereocenters. The molecule has 5 heteroatoms. The largest absolute Gasteiger partial charge is 0.387 e. The molecule has 1 aromatic rings. The third-order valence-electron chi connectivity index (χ3n) is 7.05. The molecule has 1 amide bonds. The van der Waals surface area contributed by atoms with Crippen molar-refractivity contribution in [3.63, 3.8) is 0 Å². The molecule has 2 heterocycles. The number of aliphatic hydroxyl groups is 1. The Kier molecular flexibility index (Phi) is 5.17. The molecule has 3 aliphatic rings. The van der Waals surface area contributed by atoms with E-state index >= 15 is 0 Å². The zero-order valence-electron chi connectivity index (χ0n) is 16.7. The van der Waals surface area contributed by atoms with E-state index < -0.39 is 5.60 Å². The fourth-order valence-electron chi connectivity index (χ4n) is 4.92. The monoisotopic (exact) mass is 371 g/mol. The van der Waals surface area contributed by atoms with Gasteiger partial charge in [-0.2, -0.15) is 0 Å². The molecule has 4 rings (SSSR count). The van der Waals surface area contributed by atoms with E-state index in [0.29, 0.717) is 25.6 Å². The molecule has 0 spiro atoms. The fraction of sp³-hybridized carbons (Fsp3) is 0.682. The van der Waals surface area contributed by atoms with E-state index in [1.165, 1.54) is 17.7 Å². The summed E-state index contributed by atoms with van der Waals surface area (Å²) in [5, 5.41) is 11.1. The number of aryl methyl sites for hydroxylation is 1. The number of benzene rings is 1. The van der Waals surface area contributed by atoms with Gasteiger partial charge in [0.25, 0.3) is 0 Å². The molecule has 0 radical (unpaired) electrons. The van der Waals surface area contributed by atoms with Crippen molar-refractivity contribution in [2.24, 2.45) is 11.8 Å². The number of anilines is 1. The molecule has 2 aliphatic heterocycles. The average Bonchev–Trinajstić information content (AvgIpc) is 2.89. The topological polar surface area (TPSA) is 47.0 Å². The zero-order chi connectivity index (χ0) is 19.0. The first kappa shape index (κ1) is 18.8. The number of rotatable bonds is 4. The number of β-amino-alcohol motifs (C(OH)–C–C–N with tert-alkyl or cyclic N) is 1. The van der Waals surface area contributed by atoms with Gasteiger partial charge in [0.05, 0.1) is 18.7 Å². The molecular weight excluding hydrogens is 338 g/mol. The number of hydrogen-bond acceptors (Lipinski definition) is 4. The molecule has 5 nitrogen and oxygen atoms in total. The van der Waals surface area contributed by atoms with E-state index in [9.17, 15) is 9.90 Å². The van der Waals surface area contributed by atoms with Crippen molar-refractivity contribution in [3.8, 4) is 0 Å².